The van der Waals surface area contributed by atoms with Crippen LogP contribution >= 0.6 is 0 Å². The molecule has 1 fully saturated rings. The summed E-state index contributed by atoms with van der Waals surface area (Å²) in [5.74, 6) is 1.64. The summed E-state index contributed by atoms with van der Waals surface area (Å²) in [6.07, 6.45) is 7.85. The first kappa shape index (κ1) is 15.5. The Kier molecular flexibility index (Phi) is 6.06. The smallest absolute Gasteiger partial charge is 0.0121 e. The summed E-state index contributed by atoms with van der Waals surface area (Å²) in [6.45, 7) is 0.878. The highest BCUT2D eigenvalue weighted by Crippen LogP contribution is 2.33. The lowest BCUT2D eigenvalue weighted by Crippen LogP contribution is -2.38. The summed E-state index contributed by atoms with van der Waals surface area (Å²) in [4.78, 5) is 2.44. The van der Waals surface area contributed by atoms with E-state index in [2.05, 4.69) is 49.3 Å². The Bertz CT molecular complexity index is 366. The third-order valence-electron chi connectivity index (χ3n) is 5.00. The lowest BCUT2D eigenvalue weighted by atomic mass is 9.77. The van der Waals surface area contributed by atoms with Crippen LogP contribution in [0.1, 0.15) is 37.7 Å². The Morgan fingerprint density at radius 3 is 2.30 bits per heavy atom. The molecule has 1 aliphatic carbocycles. The minimum absolute atomic E-state index is 0.717. The maximum Gasteiger partial charge on any atom is 0.0121 e. The molecule has 0 saturated heterocycles. The van der Waals surface area contributed by atoms with Gasteiger partial charge < -0.3 is 10.6 Å². The van der Waals surface area contributed by atoms with E-state index >= 15 is 0 Å². The average molecular weight is 274 g/mol. The van der Waals surface area contributed by atoms with Gasteiger partial charge in [-0.2, -0.15) is 0 Å². The molecule has 1 aromatic carbocycles. The van der Waals surface area contributed by atoms with Crippen LogP contribution in [0.25, 0.3) is 0 Å². The maximum atomic E-state index is 5.81. The van der Waals surface area contributed by atoms with Crippen molar-refractivity contribution in [2.45, 2.75) is 44.6 Å². The fourth-order valence-corrected chi connectivity index (χ4v) is 3.68. The van der Waals surface area contributed by atoms with Gasteiger partial charge in [0.05, 0.1) is 0 Å². The Labute approximate surface area is 124 Å². The van der Waals surface area contributed by atoms with Gasteiger partial charge in [0.25, 0.3) is 0 Å². The predicted octanol–water partition coefficient (Wildman–Crippen LogP) is 3.31. The summed E-state index contributed by atoms with van der Waals surface area (Å²) in [5, 5.41) is 0. The zero-order valence-corrected chi connectivity index (χ0v) is 13.1. The van der Waals surface area contributed by atoms with Gasteiger partial charge in [-0.05, 0) is 76.6 Å². The molecule has 0 spiro atoms. The van der Waals surface area contributed by atoms with Gasteiger partial charge in [0.15, 0.2) is 0 Å². The highest BCUT2D eigenvalue weighted by Gasteiger charge is 2.28. The predicted molar refractivity (Wildman–Crippen MR) is 86.7 cm³/mol. The number of hydrogen-bond donors (Lipinski definition) is 1. The molecule has 1 saturated carbocycles. The lowest BCUT2D eigenvalue weighted by Gasteiger charge is -2.37. The molecule has 0 radical (unpaired) electrons. The van der Waals surface area contributed by atoms with E-state index in [1.54, 1.807) is 0 Å². The molecule has 1 aromatic rings. The molecule has 0 aliphatic heterocycles. The third-order valence-corrected chi connectivity index (χ3v) is 5.00. The van der Waals surface area contributed by atoms with Gasteiger partial charge in [0.1, 0.15) is 0 Å². The van der Waals surface area contributed by atoms with Crippen LogP contribution in [0.2, 0.25) is 0 Å². The second kappa shape index (κ2) is 7.80. The molecule has 2 rings (SSSR count). The van der Waals surface area contributed by atoms with Crippen molar-refractivity contribution >= 4 is 0 Å². The van der Waals surface area contributed by atoms with Crippen molar-refractivity contribution in [3.8, 4) is 0 Å². The summed E-state index contributed by atoms with van der Waals surface area (Å²) in [7, 11) is 4.48. The van der Waals surface area contributed by atoms with E-state index in [0.29, 0.717) is 6.04 Å². The quantitative estimate of drug-likeness (QED) is 0.862. The van der Waals surface area contributed by atoms with Crippen molar-refractivity contribution in [3.05, 3.63) is 35.9 Å². The number of benzene rings is 1. The van der Waals surface area contributed by atoms with Crippen molar-refractivity contribution in [2.24, 2.45) is 17.6 Å². The van der Waals surface area contributed by atoms with Gasteiger partial charge in [0.2, 0.25) is 0 Å². The van der Waals surface area contributed by atoms with E-state index < -0.39 is 0 Å². The van der Waals surface area contributed by atoms with Crippen molar-refractivity contribution in [1.29, 1.82) is 0 Å². The van der Waals surface area contributed by atoms with Crippen LogP contribution in [0.4, 0.5) is 0 Å². The minimum Gasteiger partial charge on any atom is -0.330 e. The van der Waals surface area contributed by atoms with Crippen LogP contribution in [0.3, 0.4) is 0 Å². The summed E-state index contributed by atoms with van der Waals surface area (Å²) in [6, 6.07) is 11.6. The minimum atomic E-state index is 0.717. The van der Waals surface area contributed by atoms with Gasteiger partial charge in [-0.3, -0.25) is 0 Å². The molecule has 0 amide bonds. The second-order valence-electron chi connectivity index (χ2n) is 6.57. The number of nitrogens with zero attached hydrogens (tertiary/aromatic N) is 1. The molecule has 2 heteroatoms. The van der Waals surface area contributed by atoms with Crippen LogP contribution in [0, 0.1) is 11.8 Å². The van der Waals surface area contributed by atoms with Crippen LogP contribution in [-0.4, -0.2) is 31.6 Å². The molecular formula is C18H30N2. The Morgan fingerprint density at radius 1 is 1.10 bits per heavy atom. The summed E-state index contributed by atoms with van der Waals surface area (Å²) < 4.78 is 0. The van der Waals surface area contributed by atoms with Crippen LogP contribution < -0.4 is 5.73 Å². The molecule has 0 bridgehead atoms. The topological polar surface area (TPSA) is 29.3 Å². The molecule has 112 valence electrons. The molecule has 2 N–H and O–H groups in total. The maximum absolute atomic E-state index is 5.81. The van der Waals surface area contributed by atoms with Crippen LogP contribution in [0.5, 0.6) is 0 Å². The fraction of sp³-hybridized carbons (Fsp3) is 0.667. The Hall–Kier alpha value is -0.860. The Balaban J connectivity index is 1.87. The molecule has 1 atom stereocenters. The Morgan fingerprint density at radius 2 is 1.75 bits per heavy atom. The molecule has 20 heavy (non-hydrogen) atoms. The molecule has 1 unspecified atom stereocenters. The number of hydrogen-bond acceptors (Lipinski definition) is 2. The van der Waals surface area contributed by atoms with E-state index in [0.717, 1.165) is 18.4 Å². The normalized spacial score (nSPS) is 24.8. The van der Waals surface area contributed by atoms with Crippen molar-refractivity contribution in [2.75, 3.05) is 20.6 Å². The van der Waals surface area contributed by atoms with Crippen molar-refractivity contribution in [1.82, 2.24) is 4.90 Å². The average Bonchev–Trinajstić information content (AvgIpc) is 2.49. The van der Waals surface area contributed by atoms with Crippen molar-refractivity contribution < 1.29 is 0 Å². The molecular weight excluding hydrogens is 244 g/mol. The fourth-order valence-electron chi connectivity index (χ4n) is 3.68. The summed E-state index contributed by atoms with van der Waals surface area (Å²) in [5.41, 5.74) is 7.28. The summed E-state index contributed by atoms with van der Waals surface area (Å²) >= 11 is 0. The van der Waals surface area contributed by atoms with E-state index in [9.17, 15) is 0 Å². The second-order valence-corrected chi connectivity index (χ2v) is 6.57. The monoisotopic (exact) mass is 274 g/mol. The number of aryl methyl sites for hydroxylation is 1. The van der Waals surface area contributed by atoms with Crippen molar-refractivity contribution in [3.63, 3.8) is 0 Å². The SMILES string of the molecule is CN(C)C(CCc1ccccc1)C1CCC(CN)CC1. The van der Waals surface area contributed by atoms with Gasteiger partial charge in [-0.1, -0.05) is 30.3 Å². The highest BCUT2D eigenvalue weighted by atomic mass is 15.1. The zero-order chi connectivity index (χ0) is 14.4. The molecule has 2 nitrogen and oxygen atoms in total. The largest absolute Gasteiger partial charge is 0.330 e. The van der Waals surface area contributed by atoms with E-state index in [4.69, 9.17) is 5.73 Å². The zero-order valence-electron chi connectivity index (χ0n) is 13.1. The molecule has 0 aromatic heterocycles. The first-order valence-corrected chi connectivity index (χ1v) is 8.11. The number of nitrogens with two attached hydrogens (primary N) is 1. The van der Waals surface area contributed by atoms with Crippen LogP contribution in [-0.2, 0) is 6.42 Å². The van der Waals surface area contributed by atoms with Gasteiger partial charge in [-0.25, -0.2) is 0 Å². The lowest BCUT2D eigenvalue weighted by molar-refractivity contribution is 0.142. The number of rotatable bonds is 6. The first-order chi connectivity index (χ1) is 9.70. The third kappa shape index (κ3) is 4.32. The van der Waals surface area contributed by atoms with Gasteiger partial charge in [-0.15, -0.1) is 0 Å². The molecule has 0 heterocycles. The van der Waals surface area contributed by atoms with Gasteiger partial charge in [0, 0.05) is 6.04 Å². The highest BCUT2D eigenvalue weighted by molar-refractivity contribution is 5.14. The van der Waals surface area contributed by atoms with E-state index in [1.807, 2.05) is 0 Å². The van der Waals surface area contributed by atoms with E-state index in [1.165, 1.54) is 44.1 Å². The van der Waals surface area contributed by atoms with E-state index in [-0.39, 0.29) is 0 Å². The van der Waals surface area contributed by atoms with Crippen LogP contribution in [0.15, 0.2) is 30.3 Å². The van der Waals surface area contributed by atoms with Gasteiger partial charge >= 0.3 is 0 Å². The molecule has 1 aliphatic rings. The first-order valence-electron chi connectivity index (χ1n) is 8.11. The standard InChI is InChI=1S/C18H30N2/c1-20(2)18(13-10-15-6-4-3-5-7-15)17-11-8-16(14-19)9-12-17/h3-7,16-18H,8-14,19H2,1-2H3.